The fraction of sp³-hybridized carbons (Fsp3) is 0.467. The number of benzene rings is 1. The van der Waals surface area contributed by atoms with Crippen LogP contribution in [0.2, 0.25) is 5.02 Å². The second-order valence-corrected chi connectivity index (χ2v) is 5.87. The van der Waals surface area contributed by atoms with Gasteiger partial charge in [0.25, 0.3) is 5.91 Å². The van der Waals surface area contributed by atoms with E-state index in [4.69, 9.17) is 11.6 Å². The summed E-state index contributed by atoms with van der Waals surface area (Å²) in [5.41, 5.74) is 1.04. The van der Waals surface area contributed by atoms with Gasteiger partial charge >= 0.3 is 6.03 Å². The Balaban J connectivity index is 2.34. The Hall–Kier alpha value is -1.59. The summed E-state index contributed by atoms with van der Waals surface area (Å²) in [7, 11) is 0. The quantitative estimate of drug-likeness (QED) is 0.743. The number of urea groups is 1. The number of amides is 3. The predicted octanol–water partition coefficient (Wildman–Crippen LogP) is 1.45. The SMILES string of the molecule is CC(C)CNC(=O)NC(=O)C[NH2+][C@@H](C)c1cccc(Cl)c1. The molecule has 1 aromatic carbocycles. The van der Waals surface area contributed by atoms with Crippen LogP contribution in [0.3, 0.4) is 0 Å². The Kier molecular flexibility index (Phi) is 7.19. The number of rotatable bonds is 6. The van der Waals surface area contributed by atoms with Crippen LogP contribution < -0.4 is 16.0 Å². The van der Waals surface area contributed by atoms with Crippen LogP contribution in [0.15, 0.2) is 24.3 Å². The second-order valence-electron chi connectivity index (χ2n) is 5.44. The number of nitrogens with one attached hydrogen (secondary N) is 2. The van der Waals surface area contributed by atoms with E-state index in [2.05, 4.69) is 10.6 Å². The molecule has 0 spiro atoms. The van der Waals surface area contributed by atoms with Crippen molar-refractivity contribution < 1.29 is 14.9 Å². The standard InChI is InChI=1S/C15H22ClN3O2/c1-10(2)8-18-15(21)19-14(20)9-17-11(3)12-5-4-6-13(16)7-12/h4-7,10-11,17H,8-9H2,1-3H3,(H2,18,19,20,21)/p+1/t11-/m0/s1. The summed E-state index contributed by atoms with van der Waals surface area (Å²) in [6.07, 6.45) is 0. The molecule has 0 radical (unpaired) electrons. The maximum Gasteiger partial charge on any atom is 0.321 e. The Morgan fingerprint density at radius 1 is 1.29 bits per heavy atom. The minimum absolute atomic E-state index is 0.0909. The van der Waals surface area contributed by atoms with Gasteiger partial charge in [0.2, 0.25) is 0 Å². The van der Waals surface area contributed by atoms with Gasteiger partial charge < -0.3 is 10.6 Å². The average molecular weight is 313 g/mol. The fourth-order valence-corrected chi connectivity index (χ4v) is 1.93. The van der Waals surface area contributed by atoms with Gasteiger partial charge in [0.05, 0.1) is 0 Å². The molecule has 0 unspecified atom stereocenters. The Labute approximate surface area is 130 Å². The Bertz CT molecular complexity index is 492. The number of hydrogen-bond donors (Lipinski definition) is 3. The predicted molar refractivity (Wildman–Crippen MR) is 83.0 cm³/mol. The summed E-state index contributed by atoms with van der Waals surface area (Å²) in [5.74, 6) is 0.0328. The molecule has 0 fully saturated rings. The lowest BCUT2D eigenvalue weighted by Gasteiger charge is -2.12. The van der Waals surface area contributed by atoms with Crippen molar-refractivity contribution in [2.24, 2.45) is 5.92 Å². The van der Waals surface area contributed by atoms with E-state index in [1.807, 2.05) is 50.4 Å². The third kappa shape index (κ3) is 7.11. The van der Waals surface area contributed by atoms with Gasteiger partial charge in [0.15, 0.2) is 6.54 Å². The molecule has 0 aliphatic rings. The number of nitrogens with two attached hydrogens (primary N) is 1. The summed E-state index contributed by atoms with van der Waals surface area (Å²) in [6.45, 7) is 6.69. The lowest BCUT2D eigenvalue weighted by atomic mass is 10.1. The number of halogens is 1. The van der Waals surface area contributed by atoms with Gasteiger partial charge in [-0.05, 0) is 25.0 Å². The molecule has 0 bridgehead atoms. The molecule has 1 atom stereocenters. The highest BCUT2D eigenvalue weighted by Crippen LogP contribution is 2.14. The van der Waals surface area contributed by atoms with Crippen molar-refractivity contribution in [2.75, 3.05) is 13.1 Å². The van der Waals surface area contributed by atoms with Crippen molar-refractivity contribution in [1.29, 1.82) is 0 Å². The second kappa shape index (κ2) is 8.64. The monoisotopic (exact) mass is 312 g/mol. The first kappa shape index (κ1) is 17.5. The van der Waals surface area contributed by atoms with Gasteiger partial charge in [0.1, 0.15) is 6.04 Å². The zero-order chi connectivity index (χ0) is 15.8. The molecule has 4 N–H and O–H groups in total. The largest absolute Gasteiger partial charge is 0.338 e. The highest BCUT2D eigenvalue weighted by atomic mass is 35.5. The number of quaternary nitrogens is 1. The number of hydrogen-bond acceptors (Lipinski definition) is 2. The minimum Gasteiger partial charge on any atom is -0.338 e. The number of carbonyl (C=O) groups is 2. The van der Waals surface area contributed by atoms with E-state index in [0.29, 0.717) is 17.5 Å². The molecule has 116 valence electrons. The Morgan fingerprint density at radius 2 is 2.00 bits per heavy atom. The summed E-state index contributed by atoms with van der Waals surface area (Å²) in [6, 6.07) is 7.16. The van der Waals surface area contributed by atoms with Gasteiger partial charge in [-0.1, -0.05) is 37.6 Å². The third-order valence-electron chi connectivity index (χ3n) is 2.96. The lowest BCUT2D eigenvalue weighted by Crippen LogP contribution is -2.87. The normalized spacial score (nSPS) is 12.0. The van der Waals surface area contributed by atoms with Crippen molar-refractivity contribution in [3.05, 3.63) is 34.9 Å². The van der Waals surface area contributed by atoms with Crippen LogP contribution in [0.4, 0.5) is 4.79 Å². The van der Waals surface area contributed by atoms with Crippen molar-refractivity contribution >= 4 is 23.5 Å². The molecule has 3 amide bonds. The van der Waals surface area contributed by atoms with Crippen molar-refractivity contribution in [1.82, 2.24) is 10.6 Å². The molecule has 0 aromatic heterocycles. The van der Waals surface area contributed by atoms with Crippen LogP contribution in [0.5, 0.6) is 0 Å². The van der Waals surface area contributed by atoms with E-state index < -0.39 is 6.03 Å². The van der Waals surface area contributed by atoms with Gasteiger partial charge in [-0.2, -0.15) is 0 Å². The Morgan fingerprint density at radius 3 is 2.62 bits per heavy atom. The molecule has 1 rings (SSSR count). The van der Waals surface area contributed by atoms with Crippen LogP contribution >= 0.6 is 11.6 Å². The first-order chi connectivity index (χ1) is 9.88. The van der Waals surface area contributed by atoms with Crippen LogP contribution in [0.1, 0.15) is 32.4 Å². The molecular formula is C15H23ClN3O2+. The minimum atomic E-state index is -0.447. The molecule has 0 saturated carbocycles. The highest BCUT2D eigenvalue weighted by molar-refractivity contribution is 6.30. The zero-order valence-corrected chi connectivity index (χ0v) is 13.4. The average Bonchev–Trinajstić information content (AvgIpc) is 2.42. The third-order valence-corrected chi connectivity index (χ3v) is 3.19. The van der Waals surface area contributed by atoms with Gasteiger partial charge in [-0.3, -0.25) is 10.1 Å². The van der Waals surface area contributed by atoms with E-state index >= 15 is 0 Å². The van der Waals surface area contributed by atoms with E-state index in [1.165, 1.54) is 0 Å². The summed E-state index contributed by atoms with van der Waals surface area (Å²) >= 11 is 5.93. The van der Waals surface area contributed by atoms with Gasteiger partial charge in [0, 0.05) is 17.1 Å². The van der Waals surface area contributed by atoms with Crippen molar-refractivity contribution in [3.8, 4) is 0 Å². The first-order valence-corrected chi connectivity index (χ1v) is 7.42. The fourth-order valence-electron chi connectivity index (χ4n) is 1.73. The summed E-state index contributed by atoms with van der Waals surface area (Å²) in [5, 5.41) is 7.47. The topological polar surface area (TPSA) is 74.8 Å². The van der Waals surface area contributed by atoms with Crippen LogP contribution in [0, 0.1) is 5.92 Å². The van der Waals surface area contributed by atoms with E-state index in [9.17, 15) is 9.59 Å². The molecule has 21 heavy (non-hydrogen) atoms. The molecule has 0 aliphatic carbocycles. The molecule has 1 aromatic rings. The molecule has 5 nitrogen and oxygen atoms in total. The number of imide groups is 1. The zero-order valence-electron chi connectivity index (χ0n) is 12.7. The molecule has 0 heterocycles. The maximum atomic E-state index is 11.7. The number of carbonyl (C=O) groups excluding carboxylic acids is 2. The molecule has 6 heteroatoms. The lowest BCUT2D eigenvalue weighted by molar-refractivity contribution is -0.682. The van der Waals surface area contributed by atoms with Crippen molar-refractivity contribution in [3.63, 3.8) is 0 Å². The molecular weight excluding hydrogens is 290 g/mol. The van der Waals surface area contributed by atoms with Gasteiger partial charge in [-0.25, -0.2) is 4.79 Å². The smallest absolute Gasteiger partial charge is 0.321 e. The van der Waals surface area contributed by atoms with Gasteiger partial charge in [-0.15, -0.1) is 0 Å². The first-order valence-electron chi connectivity index (χ1n) is 7.05. The van der Waals surface area contributed by atoms with E-state index in [1.54, 1.807) is 0 Å². The summed E-state index contributed by atoms with van der Waals surface area (Å²) < 4.78 is 0. The summed E-state index contributed by atoms with van der Waals surface area (Å²) in [4.78, 5) is 23.1. The molecule has 0 aliphatic heterocycles. The van der Waals surface area contributed by atoms with E-state index in [0.717, 1.165) is 5.56 Å². The maximum absolute atomic E-state index is 11.7. The van der Waals surface area contributed by atoms with Crippen LogP contribution in [-0.2, 0) is 4.79 Å². The van der Waals surface area contributed by atoms with E-state index in [-0.39, 0.29) is 18.5 Å². The highest BCUT2D eigenvalue weighted by Gasteiger charge is 2.13. The van der Waals surface area contributed by atoms with Crippen molar-refractivity contribution in [2.45, 2.75) is 26.8 Å². The van der Waals surface area contributed by atoms with Crippen LogP contribution in [0.25, 0.3) is 0 Å². The molecule has 0 saturated heterocycles. The van der Waals surface area contributed by atoms with Crippen LogP contribution in [-0.4, -0.2) is 25.0 Å².